The van der Waals surface area contributed by atoms with Gasteiger partial charge in [0.15, 0.2) is 17.2 Å². The third-order valence-corrected chi connectivity index (χ3v) is 11.4. The van der Waals surface area contributed by atoms with Crippen LogP contribution in [-0.4, -0.2) is 59.8 Å². The minimum absolute atomic E-state index is 0.0103. The number of methoxy groups -OCH3 is 1. The molecule has 0 bridgehead atoms. The standard InChI is InChI=1S/C36H31ClFN5O10/c1-36-22(33(46)41(35(36)48)17-6-9-24(38)23(37)12-17)15-21-19(30(36)16-5-10-28(53-4)27(44)11-16)7-8-20-29(21)34(47)40(32(20)45)18-13-25(42(49)50)31(39(2)3)26(14-18)43(51)52/h5-7,9-14,20-22,29-30,44H,8,15H2,1-4H3. The van der Waals surface area contributed by atoms with Crippen molar-refractivity contribution >= 4 is 63.7 Å². The van der Waals surface area contributed by atoms with Crippen molar-refractivity contribution in [3.8, 4) is 11.5 Å². The predicted molar refractivity (Wildman–Crippen MR) is 187 cm³/mol. The number of nitro groups is 2. The Bertz CT molecular complexity index is 2190. The number of ether oxygens (including phenoxy) is 1. The summed E-state index contributed by atoms with van der Waals surface area (Å²) in [6.07, 6.45) is 1.70. The number of hydrogen-bond donors (Lipinski definition) is 1. The molecule has 1 saturated carbocycles. The summed E-state index contributed by atoms with van der Waals surface area (Å²) in [4.78, 5) is 83.0. The van der Waals surface area contributed by atoms with Gasteiger partial charge in [-0.2, -0.15) is 0 Å². The van der Waals surface area contributed by atoms with Crippen LogP contribution in [0.5, 0.6) is 11.5 Å². The molecule has 4 amide bonds. The number of benzene rings is 3. The fourth-order valence-electron chi connectivity index (χ4n) is 8.86. The Kier molecular flexibility index (Phi) is 8.28. The largest absolute Gasteiger partial charge is 0.504 e. The molecule has 2 aliphatic heterocycles. The number of hydrogen-bond acceptors (Lipinski definition) is 11. The molecule has 3 fully saturated rings. The second-order valence-corrected chi connectivity index (χ2v) is 14.4. The highest BCUT2D eigenvalue weighted by molar-refractivity contribution is 6.32. The second kappa shape index (κ2) is 12.4. The van der Waals surface area contributed by atoms with Crippen LogP contribution >= 0.6 is 11.6 Å². The molecule has 0 radical (unpaired) electrons. The number of allylic oxidation sites excluding steroid dienone is 2. The SMILES string of the molecule is COc1ccc(C2C3=CCC4C(=O)N(c5cc([N+](=O)[O-])c(N(C)C)c([N+](=O)[O-])c5)C(=O)C4C3CC3C(=O)N(c4ccc(F)c(Cl)c4)C(=O)C32C)cc1O. The van der Waals surface area contributed by atoms with E-state index in [0.29, 0.717) is 11.1 Å². The van der Waals surface area contributed by atoms with E-state index in [9.17, 15) is 48.9 Å². The zero-order valence-electron chi connectivity index (χ0n) is 28.6. The van der Waals surface area contributed by atoms with Crippen molar-refractivity contribution in [2.45, 2.75) is 25.7 Å². The fourth-order valence-corrected chi connectivity index (χ4v) is 9.04. The Morgan fingerprint density at radius 2 is 1.58 bits per heavy atom. The monoisotopic (exact) mass is 747 g/mol. The second-order valence-electron chi connectivity index (χ2n) is 13.9. The average Bonchev–Trinajstić information content (AvgIpc) is 3.48. The number of halogens is 2. The smallest absolute Gasteiger partial charge is 0.301 e. The van der Waals surface area contributed by atoms with Crippen LogP contribution in [0.1, 0.15) is 31.2 Å². The first-order valence-electron chi connectivity index (χ1n) is 16.4. The maximum absolute atomic E-state index is 14.6. The normalized spacial score (nSPS) is 26.2. The van der Waals surface area contributed by atoms with E-state index >= 15 is 0 Å². The lowest BCUT2D eigenvalue weighted by Crippen LogP contribution is -2.48. The highest BCUT2D eigenvalue weighted by Crippen LogP contribution is 2.64. The first-order valence-corrected chi connectivity index (χ1v) is 16.8. The number of rotatable bonds is 7. The van der Waals surface area contributed by atoms with Crippen LogP contribution in [-0.2, 0) is 19.2 Å². The highest BCUT2D eigenvalue weighted by atomic mass is 35.5. The molecule has 274 valence electrons. The number of carbonyl (C=O) groups excluding carboxylic acids is 4. The van der Waals surface area contributed by atoms with Gasteiger partial charge in [-0.3, -0.25) is 39.4 Å². The fraction of sp³-hybridized carbons (Fsp3) is 0.333. The van der Waals surface area contributed by atoms with Crippen molar-refractivity contribution in [1.29, 1.82) is 0 Å². The summed E-state index contributed by atoms with van der Waals surface area (Å²) in [5, 5.41) is 34.8. The van der Waals surface area contributed by atoms with Gasteiger partial charge in [0.05, 0.1) is 56.5 Å². The molecule has 3 aromatic carbocycles. The van der Waals surface area contributed by atoms with Crippen LogP contribution in [0.4, 0.5) is 32.8 Å². The van der Waals surface area contributed by atoms with E-state index in [1.807, 2.05) is 0 Å². The van der Waals surface area contributed by atoms with Gasteiger partial charge < -0.3 is 14.7 Å². The Balaban J connectivity index is 1.37. The summed E-state index contributed by atoms with van der Waals surface area (Å²) in [7, 11) is 4.14. The number of phenolic OH excluding ortho intramolecular Hbond substituents is 1. The molecule has 0 aromatic heterocycles. The zero-order chi connectivity index (χ0) is 38.4. The van der Waals surface area contributed by atoms with Crippen molar-refractivity contribution < 1.29 is 43.3 Å². The molecule has 2 heterocycles. The van der Waals surface area contributed by atoms with E-state index in [4.69, 9.17) is 16.3 Å². The molecular formula is C36H31ClFN5O10. The van der Waals surface area contributed by atoms with Gasteiger partial charge in [-0.1, -0.05) is 29.3 Å². The summed E-state index contributed by atoms with van der Waals surface area (Å²) >= 11 is 6.05. The molecule has 53 heavy (non-hydrogen) atoms. The number of anilines is 3. The molecule has 3 aromatic rings. The molecule has 4 aliphatic rings. The maximum Gasteiger partial charge on any atom is 0.301 e. The molecule has 2 aliphatic carbocycles. The van der Waals surface area contributed by atoms with Gasteiger partial charge in [0.2, 0.25) is 23.6 Å². The van der Waals surface area contributed by atoms with E-state index in [1.165, 1.54) is 50.4 Å². The van der Waals surface area contributed by atoms with Gasteiger partial charge in [0.1, 0.15) is 5.82 Å². The van der Waals surface area contributed by atoms with Crippen molar-refractivity contribution in [3.05, 3.63) is 96.8 Å². The lowest BCUT2D eigenvalue weighted by atomic mass is 9.51. The topological polar surface area (TPSA) is 194 Å². The van der Waals surface area contributed by atoms with Crippen LogP contribution in [0.25, 0.3) is 0 Å². The highest BCUT2D eigenvalue weighted by Gasteiger charge is 2.67. The summed E-state index contributed by atoms with van der Waals surface area (Å²) < 4.78 is 19.4. The van der Waals surface area contributed by atoms with Crippen molar-refractivity contribution in [3.63, 3.8) is 0 Å². The van der Waals surface area contributed by atoms with E-state index in [-0.39, 0.29) is 46.4 Å². The third-order valence-electron chi connectivity index (χ3n) is 11.1. The van der Waals surface area contributed by atoms with Crippen LogP contribution in [0.2, 0.25) is 5.02 Å². The predicted octanol–water partition coefficient (Wildman–Crippen LogP) is 5.51. The molecular weight excluding hydrogens is 717 g/mol. The number of imide groups is 2. The number of amides is 4. The lowest BCUT2D eigenvalue weighted by Gasteiger charge is -2.49. The van der Waals surface area contributed by atoms with Gasteiger partial charge in [-0.15, -0.1) is 0 Å². The molecule has 17 heteroatoms. The quantitative estimate of drug-likeness (QED) is 0.139. The zero-order valence-corrected chi connectivity index (χ0v) is 29.4. The van der Waals surface area contributed by atoms with E-state index in [1.54, 1.807) is 19.1 Å². The maximum atomic E-state index is 14.6. The van der Waals surface area contributed by atoms with Crippen LogP contribution in [0, 0.1) is 55.1 Å². The van der Waals surface area contributed by atoms with Crippen LogP contribution in [0.15, 0.2) is 60.2 Å². The molecule has 0 spiro atoms. The van der Waals surface area contributed by atoms with E-state index in [0.717, 1.165) is 28.0 Å². The Morgan fingerprint density at radius 1 is 0.925 bits per heavy atom. The van der Waals surface area contributed by atoms with Crippen molar-refractivity contribution in [2.24, 2.45) is 29.1 Å². The number of nitro benzene ring substituents is 2. The van der Waals surface area contributed by atoms with Crippen molar-refractivity contribution in [2.75, 3.05) is 35.9 Å². The molecule has 6 unspecified atom stereocenters. The molecule has 1 N–H and O–H groups in total. The average molecular weight is 748 g/mol. The molecule has 2 saturated heterocycles. The molecule has 15 nitrogen and oxygen atoms in total. The third kappa shape index (κ3) is 5.06. The number of aromatic hydroxyl groups is 1. The lowest BCUT2D eigenvalue weighted by molar-refractivity contribution is -0.392. The van der Waals surface area contributed by atoms with Gasteiger partial charge in [-0.05, 0) is 61.6 Å². The van der Waals surface area contributed by atoms with Gasteiger partial charge in [0.25, 0.3) is 0 Å². The van der Waals surface area contributed by atoms with Gasteiger partial charge >= 0.3 is 11.4 Å². The molecule has 7 rings (SSSR count). The van der Waals surface area contributed by atoms with E-state index < -0.39 is 85.7 Å². The number of fused-ring (bicyclic) bond motifs is 4. The summed E-state index contributed by atoms with van der Waals surface area (Å²) in [5.74, 6) is -8.51. The first kappa shape index (κ1) is 35.5. The first-order chi connectivity index (χ1) is 25.0. The Hall–Kier alpha value is -5.90. The Labute approximate surface area is 305 Å². The minimum Gasteiger partial charge on any atom is -0.504 e. The van der Waals surface area contributed by atoms with Crippen molar-refractivity contribution in [1.82, 2.24) is 0 Å². The van der Waals surface area contributed by atoms with Crippen LogP contribution in [0.3, 0.4) is 0 Å². The number of nitrogens with zero attached hydrogens (tertiary/aromatic N) is 5. The summed E-state index contributed by atoms with van der Waals surface area (Å²) in [5.41, 5.74) is -2.50. The number of carbonyl (C=O) groups is 4. The number of phenols is 1. The van der Waals surface area contributed by atoms with E-state index in [2.05, 4.69) is 0 Å². The minimum atomic E-state index is -1.50. The van der Waals surface area contributed by atoms with Crippen LogP contribution < -0.4 is 19.4 Å². The van der Waals surface area contributed by atoms with Gasteiger partial charge in [-0.25, -0.2) is 14.2 Å². The summed E-state index contributed by atoms with van der Waals surface area (Å²) in [6.45, 7) is 1.62. The molecule has 6 atom stereocenters. The Morgan fingerprint density at radius 3 is 2.15 bits per heavy atom. The summed E-state index contributed by atoms with van der Waals surface area (Å²) in [6, 6.07) is 9.91. The van der Waals surface area contributed by atoms with Gasteiger partial charge in [0, 0.05) is 32.1 Å².